The normalized spacial score (nSPS) is 17.4. The summed E-state index contributed by atoms with van der Waals surface area (Å²) in [7, 11) is 0. The van der Waals surface area contributed by atoms with E-state index in [0.29, 0.717) is 26.3 Å². The molecule has 0 saturated carbocycles. The van der Waals surface area contributed by atoms with E-state index in [0.717, 1.165) is 16.9 Å². The van der Waals surface area contributed by atoms with Gasteiger partial charge in [-0.05, 0) is 37.1 Å². The van der Waals surface area contributed by atoms with Gasteiger partial charge in [0.05, 0.1) is 26.2 Å². The Morgan fingerprint density at radius 3 is 2.59 bits per heavy atom. The molecule has 29 heavy (non-hydrogen) atoms. The lowest BCUT2D eigenvalue weighted by Gasteiger charge is -2.34. The summed E-state index contributed by atoms with van der Waals surface area (Å²) in [4.78, 5) is 27.0. The average Bonchev–Trinajstić information content (AvgIpc) is 2.75. The van der Waals surface area contributed by atoms with Crippen molar-refractivity contribution in [2.24, 2.45) is 0 Å². The topological polar surface area (TPSA) is 67.9 Å². The van der Waals surface area contributed by atoms with Gasteiger partial charge in [0.25, 0.3) is 0 Å². The minimum Gasteiger partial charge on any atom is -0.494 e. The van der Waals surface area contributed by atoms with Crippen molar-refractivity contribution in [1.29, 1.82) is 0 Å². The first-order chi connectivity index (χ1) is 14.1. The largest absolute Gasteiger partial charge is 0.494 e. The smallest absolute Gasteiger partial charge is 0.245 e. The second-order valence-corrected chi connectivity index (χ2v) is 7.10. The van der Waals surface area contributed by atoms with E-state index in [9.17, 15) is 9.59 Å². The fraction of sp³-hybridized carbons (Fsp3) is 0.391. The van der Waals surface area contributed by atoms with E-state index >= 15 is 0 Å². The minimum atomic E-state index is -0.584. The van der Waals surface area contributed by atoms with Gasteiger partial charge in [-0.15, -0.1) is 0 Å². The van der Waals surface area contributed by atoms with Gasteiger partial charge in [0.1, 0.15) is 17.9 Å². The molecule has 0 aliphatic carbocycles. The summed E-state index contributed by atoms with van der Waals surface area (Å²) in [6, 6.07) is 16.7. The quantitative estimate of drug-likeness (QED) is 0.781. The number of carbonyl (C=O) groups is 2. The highest BCUT2D eigenvalue weighted by molar-refractivity contribution is 5.88. The number of amides is 2. The first-order valence-corrected chi connectivity index (χ1v) is 10.0. The molecule has 1 saturated heterocycles. The minimum absolute atomic E-state index is 0.0886. The molecule has 1 unspecified atom stereocenters. The SMILES string of the molecule is CCOc1ccc(CC(=O)N[C@H](C)C(=O)N2CCOC(c3ccccc3)C2)cc1. The molecular formula is C23H28N2O4. The summed E-state index contributed by atoms with van der Waals surface area (Å²) < 4.78 is 11.2. The van der Waals surface area contributed by atoms with Crippen LogP contribution in [0.5, 0.6) is 5.75 Å². The lowest BCUT2D eigenvalue weighted by Crippen LogP contribution is -2.51. The molecule has 3 rings (SSSR count). The van der Waals surface area contributed by atoms with Crippen LogP contribution in [0.4, 0.5) is 0 Å². The Balaban J connectivity index is 1.52. The highest BCUT2D eigenvalue weighted by Crippen LogP contribution is 2.22. The number of morpholine rings is 1. The molecule has 2 amide bonds. The molecule has 0 radical (unpaired) electrons. The number of ether oxygens (including phenoxy) is 2. The maximum Gasteiger partial charge on any atom is 0.245 e. The van der Waals surface area contributed by atoms with Crippen molar-refractivity contribution < 1.29 is 19.1 Å². The molecule has 2 atom stereocenters. The third-order valence-corrected chi connectivity index (χ3v) is 4.90. The zero-order chi connectivity index (χ0) is 20.6. The van der Waals surface area contributed by atoms with Gasteiger partial charge in [0.2, 0.25) is 11.8 Å². The molecule has 1 heterocycles. The van der Waals surface area contributed by atoms with Crippen molar-refractivity contribution in [3.8, 4) is 5.75 Å². The number of carbonyl (C=O) groups excluding carboxylic acids is 2. The fourth-order valence-electron chi connectivity index (χ4n) is 3.40. The Kier molecular flexibility index (Phi) is 7.25. The van der Waals surface area contributed by atoms with Crippen LogP contribution in [-0.2, 0) is 20.7 Å². The first kappa shape index (κ1) is 20.9. The summed E-state index contributed by atoms with van der Waals surface area (Å²) in [5.74, 6) is 0.512. The molecule has 154 valence electrons. The van der Waals surface area contributed by atoms with Crippen molar-refractivity contribution >= 4 is 11.8 Å². The van der Waals surface area contributed by atoms with Crippen LogP contribution >= 0.6 is 0 Å². The second kappa shape index (κ2) is 10.1. The van der Waals surface area contributed by atoms with E-state index < -0.39 is 6.04 Å². The number of benzene rings is 2. The Morgan fingerprint density at radius 2 is 1.90 bits per heavy atom. The third kappa shape index (κ3) is 5.81. The van der Waals surface area contributed by atoms with E-state index in [2.05, 4.69) is 5.32 Å². The van der Waals surface area contributed by atoms with Gasteiger partial charge in [-0.25, -0.2) is 0 Å². The summed E-state index contributed by atoms with van der Waals surface area (Å²) in [5, 5.41) is 2.82. The molecule has 6 heteroatoms. The van der Waals surface area contributed by atoms with Crippen molar-refractivity contribution in [1.82, 2.24) is 10.2 Å². The lowest BCUT2D eigenvalue weighted by atomic mass is 10.1. The van der Waals surface area contributed by atoms with Gasteiger partial charge in [-0.3, -0.25) is 9.59 Å². The fourth-order valence-corrected chi connectivity index (χ4v) is 3.40. The lowest BCUT2D eigenvalue weighted by molar-refractivity contribution is -0.142. The van der Waals surface area contributed by atoms with Gasteiger partial charge < -0.3 is 19.7 Å². The van der Waals surface area contributed by atoms with Crippen LogP contribution in [0.25, 0.3) is 0 Å². The van der Waals surface area contributed by atoms with Gasteiger partial charge in [-0.2, -0.15) is 0 Å². The maximum absolute atomic E-state index is 12.8. The predicted octanol–water partition coefficient (Wildman–Crippen LogP) is 2.73. The molecule has 1 aliphatic heterocycles. The van der Waals surface area contributed by atoms with Crippen LogP contribution in [0, 0.1) is 0 Å². The number of hydrogen-bond donors (Lipinski definition) is 1. The van der Waals surface area contributed by atoms with Gasteiger partial charge in [-0.1, -0.05) is 42.5 Å². The van der Waals surface area contributed by atoms with Crippen LogP contribution in [0.2, 0.25) is 0 Å². The summed E-state index contributed by atoms with van der Waals surface area (Å²) >= 11 is 0. The van der Waals surface area contributed by atoms with Crippen LogP contribution in [0.1, 0.15) is 31.1 Å². The molecule has 0 spiro atoms. The highest BCUT2D eigenvalue weighted by Gasteiger charge is 2.28. The maximum atomic E-state index is 12.8. The van der Waals surface area contributed by atoms with E-state index in [1.165, 1.54) is 0 Å². The molecule has 2 aromatic carbocycles. The standard InChI is InChI=1S/C23H28N2O4/c1-3-28-20-11-9-18(10-12-20)15-22(26)24-17(2)23(27)25-13-14-29-21(16-25)19-7-5-4-6-8-19/h4-12,17,21H,3,13-16H2,1-2H3,(H,24,26)/t17-,21?/m1/s1. The molecule has 2 aromatic rings. The monoisotopic (exact) mass is 396 g/mol. The Bertz CT molecular complexity index is 807. The number of nitrogens with one attached hydrogen (secondary N) is 1. The molecule has 0 bridgehead atoms. The summed E-state index contributed by atoms with van der Waals surface area (Å²) in [6.45, 7) is 5.76. The molecule has 6 nitrogen and oxygen atoms in total. The average molecular weight is 396 g/mol. The van der Waals surface area contributed by atoms with E-state index in [4.69, 9.17) is 9.47 Å². The van der Waals surface area contributed by atoms with Crippen LogP contribution in [0.3, 0.4) is 0 Å². The van der Waals surface area contributed by atoms with Crippen LogP contribution in [-0.4, -0.2) is 49.1 Å². The predicted molar refractivity (Wildman–Crippen MR) is 111 cm³/mol. The van der Waals surface area contributed by atoms with E-state index in [-0.39, 0.29) is 24.3 Å². The van der Waals surface area contributed by atoms with Gasteiger partial charge >= 0.3 is 0 Å². The molecule has 1 aliphatic rings. The number of nitrogens with zero attached hydrogens (tertiary/aromatic N) is 1. The Morgan fingerprint density at radius 1 is 1.17 bits per heavy atom. The van der Waals surface area contributed by atoms with Crippen molar-refractivity contribution in [2.45, 2.75) is 32.4 Å². The molecular weight excluding hydrogens is 368 g/mol. The van der Waals surface area contributed by atoms with Crippen molar-refractivity contribution in [3.05, 3.63) is 65.7 Å². The Labute approximate surface area is 171 Å². The zero-order valence-corrected chi connectivity index (χ0v) is 17.0. The molecule has 1 fully saturated rings. The zero-order valence-electron chi connectivity index (χ0n) is 17.0. The number of rotatable bonds is 7. The van der Waals surface area contributed by atoms with Crippen molar-refractivity contribution in [2.75, 3.05) is 26.3 Å². The molecule has 0 aromatic heterocycles. The first-order valence-electron chi connectivity index (χ1n) is 10.0. The number of hydrogen-bond acceptors (Lipinski definition) is 4. The van der Waals surface area contributed by atoms with Gasteiger partial charge in [0.15, 0.2) is 0 Å². The Hall–Kier alpha value is -2.86. The second-order valence-electron chi connectivity index (χ2n) is 7.10. The summed E-state index contributed by atoms with van der Waals surface area (Å²) in [5.41, 5.74) is 1.93. The van der Waals surface area contributed by atoms with Crippen LogP contribution < -0.4 is 10.1 Å². The molecule has 1 N–H and O–H groups in total. The van der Waals surface area contributed by atoms with Crippen molar-refractivity contribution in [3.63, 3.8) is 0 Å². The summed E-state index contributed by atoms with van der Waals surface area (Å²) in [6.07, 6.45) is 0.0837. The van der Waals surface area contributed by atoms with E-state index in [1.54, 1.807) is 11.8 Å². The van der Waals surface area contributed by atoms with Gasteiger partial charge in [0, 0.05) is 6.54 Å². The van der Waals surface area contributed by atoms with Crippen LogP contribution in [0.15, 0.2) is 54.6 Å². The third-order valence-electron chi connectivity index (χ3n) is 4.90. The highest BCUT2D eigenvalue weighted by atomic mass is 16.5. The van der Waals surface area contributed by atoms with E-state index in [1.807, 2.05) is 61.5 Å².